The maximum absolute atomic E-state index is 13.4. The summed E-state index contributed by atoms with van der Waals surface area (Å²) in [5.74, 6) is -1.07. The minimum atomic E-state index is -4.05. The normalized spacial score (nSPS) is 11.7. The van der Waals surface area contributed by atoms with Crippen molar-refractivity contribution in [3.63, 3.8) is 0 Å². The number of halogens is 2. The summed E-state index contributed by atoms with van der Waals surface area (Å²) < 4.78 is 38.5. The zero-order chi connectivity index (χ0) is 12.3. The summed E-state index contributed by atoms with van der Waals surface area (Å²) in [5.41, 5.74) is 5.40. The maximum Gasteiger partial charge on any atom is 0.243 e. The summed E-state index contributed by atoms with van der Waals surface area (Å²) in [7, 11) is -4.05. The summed E-state index contributed by atoms with van der Waals surface area (Å²) in [4.78, 5) is -0.633. The Kier molecular flexibility index (Phi) is 4.09. The highest BCUT2D eigenvalue weighted by atomic mass is 35.5. The third kappa shape index (κ3) is 2.82. The van der Waals surface area contributed by atoms with Gasteiger partial charge in [-0.15, -0.1) is 0 Å². The van der Waals surface area contributed by atoms with Crippen molar-refractivity contribution >= 4 is 27.3 Å². The molecule has 0 unspecified atom stereocenters. The molecule has 0 aliphatic heterocycles. The highest BCUT2D eigenvalue weighted by Crippen LogP contribution is 2.25. The van der Waals surface area contributed by atoms with E-state index in [1.54, 1.807) is 0 Å². The molecule has 0 atom stereocenters. The first-order valence-corrected chi connectivity index (χ1v) is 6.09. The Balaban J connectivity index is 3.22. The number of rotatable bonds is 4. The quantitative estimate of drug-likeness (QED) is 0.686. The van der Waals surface area contributed by atoms with Gasteiger partial charge in [-0.3, -0.25) is 0 Å². The molecule has 16 heavy (non-hydrogen) atoms. The lowest BCUT2D eigenvalue weighted by Gasteiger charge is -2.08. The van der Waals surface area contributed by atoms with Crippen LogP contribution < -0.4 is 10.5 Å². The first-order valence-electron chi connectivity index (χ1n) is 4.23. The Morgan fingerprint density at radius 3 is 2.69 bits per heavy atom. The molecule has 1 aromatic carbocycles. The van der Waals surface area contributed by atoms with Crippen LogP contribution in [0.1, 0.15) is 0 Å². The number of aliphatic hydroxyl groups is 1. The highest BCUT2D eigenvalue weighted by molar-refractivity contribution is 7.89. The molecule has 5 nitrogen and oxygen atoms in total. The van der Waals surface area contributed by atoms with E-state index in [2.05, 4.69) is 0 Å². The van der Waals surface area contributed by atoms with Gasteiger partial charge >= 0.3 is 0 Å². The molecular weight excluding hydrogens is 259 g/mol. The minimum Gasteiger partial charge on any atom is -0.399 e. The standard InChI is InChI=1S/C8H10ClFN2O3S/c9-6-3-5(11)4-7(8(6)10)16(14,15)12-1-2-13/h3-4,12-13H,1-2,11H2. The molecule has 0 spiro atoms. The van der Waals surface area contributed by atoms with E-state index in [0.717, 1.165) is 12.1 Å². The van der Waals surface area contributed by atoms with Gasteiger partial charge in [0.05, 0.1) is 11.6 Å². The molecule has 1 rings (SSSR count). The Bertz CT molecular complexity index is 492. The Morgan fingerprint density at radius 1 is 1.50 bits per heavy atom. The third-order valence-electron chi connectivity index (χ3n) is 1.71. The van der Waals surface area contributed by atoms with Crippen LogP contribution in [0.3, 0.4) is 0 Å². The van der Waals surface area contributed by atoms with Crippen molar-refractivity contribution in [2.75, 3.05) is 18.9 Å². The number of nitrogens with two attached hydrogens (primary N) is 1. The number of benzene rings is 1. The summed E-state index contributed by atoms with van der Waals surface area (Å²) >= 11 is 5.46. The Morgan fingerprint density at radius 2 is 2.12 bits per heavy atom. The van der Waals surface area contributed by atoms with Gasteiger partial charge in [0, 0.05) is 12.2 Å². The second-order valence-electron chi connectivity index (χ2n) is 2.94. The van der Waals surface area contributed by atoms with E-state index >= 15 is 0 Å². The van der Waals surface area contributed by atoms with Crippen molar-refractivity contribution in [3.05, 3.63) is 23.0 Å². The molecule has 0 heterocycles. The van der Waals surface area contributed by atoms with Crippen LogP contribution >= 0.6 is 11.6 Å². The summed E-state index contributed by atoms with van der Waals surface area (Å²) in [6.45, 7) is -0.606. The van der Waals surface area contributed by atoms with E-state index in [-0.39, 0.29) is 17.3 Å². The topological polar surface area (TPSA) is 92.4 Å². The lowest BCUT2D eigenvalue weighted by Crippen LogP contribution is -2.27. The van der Waals surface area contributed by atoms with Gasteiger partial charge in [0.2, 0.25) is 10.0 Å². The second kappa shape index (κ2) is 4.96. The SMILES string of the molecule is Nc1cc(Cl)c(F)c(S(=O)(=O)NCCO)c1. The van der Waals surface area contributed by atoms with Gasteiger partial charge in [-0.2, -0.15) is 0 Å². The zero-order valence-electron chi connectivity index (χ0n) is 8.07. The van der Waals surface area contributed by atoms with E-state index in [0.29, 0.717) is 0 Å². The molecule has 0 aliphatic carbocycles. The van der Waals surface area contributed by atoms with Gasteiger partial charge in [0.1, 0.15) is 4.90 Å². The van der Waals surface area contributed by atoms with Gasteiger partial charge in [-0.1, -0.05) is 11.6 Å². The molecule has 0 fully saturated rings. The highest BCUT2D eigenvalue weighted by Gasteiger charge is 2.21. The number of nitrogens with one attached hydrogen (secondary N) is 1. The molecule has 0 amide bonds. The van der Waals surface area contributed by atoms with Crippen LogP contribution in [0.5, 0.6) is 0 Å². The summed E-state index contributed by atoms with van der Waals surface area (Å²) in [6.07, 6.45) is 0. The summed E-state index contributed by atoms with van der Waals surface area (Å²) in [5, 5.41) is 8.11. The molecule has 0 radical (unpaired) electrons. The van der Waals surface area contributed by atoms with E-state index in [4.69, 9.17) is 22.4 Å². The van der Waals surface area contributed by atoms with Crippen LogP contribution in [0.25, 0.3) is 0 Å². The molecule has 4 N–H and O–H groups in total. The van der Waals surface area contributed by atoms with Crippen molar-refractivity contribution < 1.29 is 17.9 Å². The van der Waals surface area contributed by atoms with E-state index in [1.165, 1.54) is 0 Å². The van der Waals surface area contributed by atoms with Gasteiger partial charge < -0.3 is 10.8 Å². The zero-order valence-corrected chi connectivity index (χ0v) is 9.65. The number of hydrogen-bond acceptors (Lipinski definition) is 4. The lowest BCUT2D eigenvalue weighted by atomic mass is 10.3. The molecule has 0 saturated carbocycles. The fourth-order valence-electron chi connectivity index (χ4n) is 1.04. The van der Waals surface area contributed by atoms with Crippen molar-refractivity contribution in [1.82, 2.24) is 4.72 Å². The monoisotopic (exact) mass is 268 g/mol. The fourth-order valence-corrected chi connectivity index (χ4v) is 2.47. The molecule has 90 valence electrons. The van der Waals surface area contributed by atoms with Gasteiger partial charge in [-0.25, -0.2) is 17.5 Å². The number of aliphatic hydroxyl groups excluding tert-OH is 1. The number of hydrogen-bond donors (Lipinski definition) is 3. The number of anilines is 1. The largest absolute Gasteiger partial charge is 0.399 e. The lowest BCUT2D eigenvalue weighted by molar-refractivity contribution is 0.301. The molecule has 8 heteroatoms. The van der Waals surface area contributed by atoms with Crippen LogP contribution in [-0.2, 0) is 10.0 Å². The van der Waals surface area contributed by atoms with Crippen molar-refractivity contribution in [2.24, 2.45) is 0 Å². The molecule has 0 bridgehead atoms. The van der Waals surface area contributed by atoms with Crippen LogP contribution in [0.4, 0.5) is 10.1 Å². The smallest absolute Gasteiger partial charge is 0.243 e. The first-order chi connectivity index (χ1) is 7.38. The first kappa shape index (κ1) is 13.2. The predicted octanol–water partition coefficient (Wildman–Crippen LogP) is 0.332. The molecule has 0 aromatic heterocycles. The molecule has 0 aliphatic rings. The molecule has 0 saturated heterocycles. The maximum atomic E-state index is 13.4. The second-order valence-corrected chi connectivity index (χ2v) is 5.08. The number of nitrogen functional groups attached to an aromatic ring is 1. The van der Waals surface area contributed by atoms with Gasteiger partial charge in [0.15, 0.2) is 5.82 Å². The molecule has 1 aromatic rings. The van der Waals surface area contributed by atoms with Gasteiger partial charge in [-0.05, 0) is 12.1 Å². The van der Waals surface area contributed by atoms with Gasteiger partial charge in [0.25, 0.3) is 0 Å². The average molecular weight is 269 g/mol. The Labute approximate surface area is 97.1 Å². The minimum absolute atomic E-state index is 0.0378. The third-order valence-corrected chi connectivity index (χ3v) is 3.45. The van der Waals surface area contributed by atoms with E-state index in [9.17, 15) is 12.8 Å². The summed E-state index contributed by atoms with van der Waals surface area (Å²) in [6, 6.07) is 2.07. The van der Waals surface area contributed by atoms with Crippen LogP contribution in [0.2, 0.25) is 5.02 Å². The number of sulfonamides is 1. The predicted molar refractivity (Wildman–Crippen MR) is 58.1 cm³/mol. The van der Waals surface area contributed by atoms with Crippen LogP contribution in [-0.4, -0.2) is 26.7 Å². The molecular formula is C8H10ClFN2O3S. The van der Waals surface area contributed by atoms with Crippen LogP contribution in [0, 0.1) is 5.82 Å². The fraction of sp³-hybridized carbons (Fsp3) is 0.250. The average Bonchev–Trinajstić information content (AvgIpc) is 2.20. The van der Waals surface area contributed by atoms with Crippen molar-refractivity contribution in [1.29, 1.82) is 0 Å². The van der Waals surface area contributed by atoms with Crippen LogP contribution in [0.15, 0.2) is 17.0 Å². The van der Waals surface area contributed by atoms with Crippen molar-refractivity contribution in [3.8, 4) is 0 Å². The van der Waals surface area contributed by atoms with E-state index in [1.807, 2.05) is 4.72 Å². The van der Waals surface area contributed by atoms with Crippen molar-refractivity contribution in [2.45, 2.75) is 4.90 Å². The van der Waals surface area contributed by atoms with E-state index < -0.39 is 27.3 Å². The Hall–Kier alpha value is -0.890.